The molecule has 102 valence electrons. The first-order chi connectivity index (χ1) is 10.1. The lowest BCUT2D eigenvalue weighted by Crippen LogP contribution is -2.26. The Morgan fingerprint density at radius 1 is 0.857 bits per heavy atom. The Morgan fingerprint density at radius 2 is 1.48 bits per heavy atom. The van der Waals surface area contributed by atoms with Crippen LogP contribution in [-0.4, -0.2) is 24.5 Å². The smallest absolute Gasteiger partial charge is 0.346 e. The molecule has 5 heteroatoms. The molecular weight excluding hydrogens is 272 g/mol. The number of fused-ring (bicyclic) bond motifs is 6. The van der Waals surface area contributed by atoms with Crippen molar-refractivity contribution in [3.8, 4) is 0 Å². The average molecular weight is 280 g/mol. The van der Waals surface area contributed by atoms with E-state index in [0.29, 0.717) is 23.3 Å². The van der Waals surface area contributed by atoms with E-state index in [4.69, 9.17) is 4.74 Å². The minimum Gasteiger partial charge on any atom is -0.457 e. The van der Waals surface area contributed by atoms with Crippen molar-refractivity contribution in [1.82, 2.24) is 0 Å². The maximum atomic E-state index is 11.6. The normalized spacial score (nSPS) is 27.5. The Labute approximate surface area is 118 Å². The van der Waals surface area contributed by atoms with Crippen molar-refractivity contribution in [2.45, 2.75) is 11.8 Å². The predicted octanol–water partition coefficient (Wildman–Crippen LogP) is 1.60. The van der Waals surface area contributed by atoms with E-state index in [-0.39, 0.29) is 17.8 Å². The summed E-state index contributed by atoms with van der Waals surface area (Å²) in [6, 6.07) is 3.46. The number of hydrogen-bond acceptors (Lipinski definition) is 5. The molecule has 0 spiro atoms. The van der Waals surface area contributed by atoms with Gasteiger partial charge in [0.1, 0.15) is 6.61 Å². The van der Waals surface area contributed by atoms with Crippen LogP contribution in [0.5, 0.6) is 0 Å². The fourth-order valence-electron chi connectivity index (χ4n) is 3.56. The summed E-state index contributed by atoms with van der Waals surface area (Å²) < 4.78 is 9.66. The molecule has 0 N–H and O–H groups in total. The lowest BCUT2D eigenvalue weighted by Gasteiger charge is -2.39. The van der Waals surface area contributed by atoms with Crippen molar-refractivity contribution in [2.75, 3.05) is 6.61 Å². The summed E-state index contributed by atoms with van der Waals surface area (Å²) in [5.74, 6) is -1.26. The number of benzene rings is 1. The molecule has 1 aromatic rings. The average Bonchev–Trinajstić information content (AvgIpc) is 2.96. The van der Waals surface area contributed by atoms with E-state index in [2.05, 4.69) is 4.74 Å². The maximum absolute atomic E-state index is 11.6. The molecule has 1 fully saturated rings. The first-order valence-corrected chi connectivity index (χ1v) is 6.68. The van der Waals surface area contributed by atoms with Gasteiger partial charge in [0.2, 0.25) is 0 Å². The number of hydrogen-bond donors (Lipinski definition) is 0. The first-order valence-electron chi connectivity index (χ1n) is 6.68. The van der Waals surface area contributed by atoms with E-state index in [1.807, 2.05) is 12.2 Å². The van der Waals surface area contributed by atoms with Crippen molar-refractivity contribution in [3.63, 3.8) is 0 Å². The third-order valence-electron chi connectivity index (χ3n) is 4.61. The van der Waals surface area contributed by atoms with Gasteiger partial charge in [0.05, 0.1) is 16.7 Å². The van der Waals surface area contributed by atoms with E-state index in [9.17, 15) is 14.4 Å². The first kappa shape index (κ1) is 11.0. The highest BCUT2D eigenvalue weighted by molar-refractivity contribution is 6.15. The van der Waals surface area contributed by atoms with Crippen LogP contribution in [-0.2, 0) is 14.3 Å². The number of esters is 3. The summed E-state index contributed by atoms with van der Waals surface area (Å²) in [7, 11) is 0. The van der Waals surface area contributed by atoms with Crippen molar-refractivity contribution in [1.29, 1.82) is 0 Å². The Hall–Kier alpha value is -2.69. The molecule has 1 aromatic carbocycles. The fraction of sp³-hybridized carbons (Fsp3) is 0.188. The van der Waals surface area contributed by atoms with E-state index in [1.165, 1.54) is 0 Å². The topological polar surface area (TPSA) is 69.7 Å². The second-order valence-electron chi connectivity index (χ2n) is 5.60. The number of ether oxygens (including phenoxy) is 2. The van der Waals surface area contributed by atoms with Gasteiger partial charge in [-0.05, 0) is 23.3 Å². The highest BCUT2D eigenvalue weighted by atomic mass is 16.6. The molecule has 4 aliphatic rings. The van der Waals surface area contributed by atoms with Crippen LogP contribution in [0.3, 0.4) is 0 Å². The Morgan fingerprint density at radius 3 is 2.14 bits per heavy atom. The van der Waals surface area contributed by atoms with Crippen LogP contribution in [0, 0.1) is 0 Å². The molecule has 0 radical (unpaired) electrons. The van der Waals surface area contributed by atoms with Crippen LogP contribution in [0.1, 0.15) is 43.7 Å². The molecule has 2 heterocycles. The number of carbonyl (C=O) groups excluding carboxylic acids is 3. The number of rotatable bonds is 0. The monoisotopic (exact) mass is 280 g/mol. The predicted molar refractivity (Wildman–Crippen MR) is 68.8 cm³/mol. The van der Waals surface area contributed by atoms with E-state index in [0.717, 1.165) is 16.7 Å². The molecule has 0 saturated carbocycles. The van der Waals surface area contributed by atoms with Gasteiger partial charge < -0.3 is 9.47 Å². The fourth-order valence-corrected chi connectivity index (χ4v) is 3.56. The Bertz CT molecular complexity index is 842. The van der Waals surface area contributed by atoms with Crippen LogP contribution in [0.15, 0.2) is 35.4 Å². The van der Waals surface area contributed by atoms with Crippen LogP contribution in [0.4, 0.5) is 0 Å². The van der Waals surface area contributed by atoms with E-state index in [1.54, 1.807) is 12.1 Å². The van der Waals surface area contributed by atoms with Gasteiger partial charge in [-0.2, -0.15) is 0 Å². The third kappa shape index (κ3) is 1.19. The van der Waals surface area contributed by atoms with Gasteiger partial charge in [-0.1, -0.05) is 12.2 Å². The third-order valence-corrected chi connectivity index (χ3v) is 4.61. The molecule has 5 rings (SSSR count). The minimum atomic E-state index is -0.596. The van der Waals surface area contributed by atoms with Gasteiger partial charge in [-0.25, -0.2) is 14.4 Å². The molecule has 0 aromatic heterocycles. The molecule has 0 bridgehead atoms. The van der Waals surface area contributed by atoms with Crippen molar-refractivity contribution in [3.05, 3.63) is 57.7 Å². The SMILES string of the molecule is O=C1OCC2=C[C@H]3c4cc5c(cc4[C@H]3C=C12)C(=O)OC5=O. The molecular formula is C16H8O5. The molecule has 0 unspecified atom stereocenters. The number of carbonyl (C=O) groups is 3. The standard InChI is InChI=1S/C16H8O5/c17-14-7-2-9-8(1-6(7)5-20-14)10-3-12-13(4-11(9)10)16(19)21-15(12)18/h1-4,8-9H,5H2/t8-,9+/m1/s1. The molecule has 2 atom stereocenters. The highest BCUT2D eigenvalue weighted by Crippen LogP contribution is 2.54. The quantitative estimate of drug-likeness (QED) is 0.533. The maximum Gasteiger partial charge on any atom is 0.346 e. The van der Waals surface area contributed by atoms with Gasteiger partial charge in [-0.15, -0.1) is 0 Å². The zero-order valence-electron chi connectivity index (χ0n) is 10.7. The molecule has 0 amide bonds. The van der Waals surface area contributed by atoms with Crippen LogP contribution >= 0.6 is 0 Å². The molecule has 2 aliphatic carbocycles. The minimum absolute atomic E-state index is 0.0678. The lowest BCUT2D eigenvalue weighted by molar-refractivity contribution is -0.135. The molecule has 5 nitrogen and oxygen atoms in total. The van der Waals surface area contributed by atoms with Gasteiger partial charge >= 0.3 is 17.9 Å². The lowest BCUT2D eigenvalue weighted by atomic mass is 9.63. The van der Waals surface area contributed by atoms with Crippen LogP contribution in [0.25, 0.3) is 0 Å². The van der Waals surface area contributed by atoms with E-state index >= 15 is 0 Å². The van der Waals surface area contributed by atoms with E-state index < -0.39 is 11.9 Å². The number of allylic oxidation sites excluding steroid dienone is 2. The Kier molecular flexibility index (Phi) is 1.74. The molecule has 2 aliphatic heterocycles. The summed E-state index contributed by atoms with van der Waals surface area (Å²) in [5, 5.41) is 0. The van der Waals surface area contributed by atoms with Gasteiger partial charge in [0.15, 0.2) is 0 Å². The summed E-state index contributed by atoms with van der Waals surface area (Å²) >= 11 is 0. The zero-order chi connectivity index (χ0) is 14.3. The zero-order valence-corrected chi connectivity index (χ0v) is 10.7. The van der Waals surface area contributed by atoms with Crippen molar-refractivity contribution < 1.29 is 23.9 Å². The van der Waals surface area contributed by atoms with Crippen molar-refractivity contribution in [2.24, 2.45) is 0 Å². The van der Waals surface area contributed by atoms with Crippen LogP contribution < -0.4 is 0 Å². The largest absolute Gasteiger partial charge is 0.457 e. The number of cyclic esters (lactones) is 3. The summed E-state index contributed by atoms with van der Waals surface area (Å²) in [6.45, 7) is 0.314. The Balaban J connectivity index is 1.68. The van der Waals surface area contributed by atoms with Gasteiger partial charge in [0.25, 0.3) is 0 Å². The van der Waals surface area contributed by atoms with Crippen LogP contribution in [0.2, 0.25) is 0 Å². The van der Waals surface area contributed by atoms with Gasteiger partial charge in [0, 0.05) is 17.4 Å². The van der Waals surface area contributed by atoms with Gasteiger partial charge in [-0.3, -0.25) is 0 Å². The highest BCUT2D eigenvalue weighted by Gasteiger charge is 2.44. The summed E-state index contributed by atoms with van der Waals surface area (Å²) in [4.78, 5) is 34.9. The second kappa shape index (κ2) is 3.31. The van der Waals surface area contributed by atoms with Crippen molar-refractivity contribution >= 4 is 17.9 Å². The summed E-state index contributed by atoms with van der Waals surface area (Å²) in [6.07, 6.45) is 3.94. The second-order valence-corrected chi connectivity index (χ2v) is 5.60. The molecule has 21 heavy (non-hydrogen) atoms. The molecule has 1 saturated heterocycles. The summed E-state index contributed by atoms with van der Waals surface area (Å²) in [5.41, 5.74) is 4.19.